The van der Waals surface area contributed by atoms with Gasteiger partial charge in [0.1, 0.15) is 0 Å². The summed E-state index contributed by atoms with van der Waals surface area (Å²) in [5.74, 6) is -0.0553. The van der Waals surface area contributed by atoms with Crippen molar-refractivity contribution in [2.24, 2.45) is 0 Å². The van der Waals surface area contributed by atoms with Gasteiger partial charge in [0.25, 0.3) is 0 Å². The van der Waals surface area contributed by atoms with Crippen LogP contribution in [0.25, 0.3) is 0 Å². The van der Waals surface area contributed by atoms with Crippen molar-refractivity contribution in [3.8, 4) is 0 Å². The number of carbonyl (C=O) groups is 2. The van der Waals surface area contributed by atoms with E-state index in [0.717, 1.165) is 50.3 Å². The maximum atomic E-state index is 11.9. The van der Waals surface area contributed by atoms with E-state index in [2.05, 4.69) is 29.4 Å². The van der Waals surface area contributed by atoms with Crippen LogP contribution in [-0.4, -0.2) is 42.9 Å². The van der Waals surface area contributed by atoms with Gasteiger partial charge in [-0.2, -0.15) is 0 Å². The van der Waals surface area contributed by atoms with Gasteiger partial charge in [-0.05, 0) is 50.2 Å². The zero-order valence-electron chi connectivity index (χ0n) is 14.5. The zero-order valence-corrected chi connectivity index (χ0v) is 14.5. The fraction of sp³-hybridized carbons (Fsp3) is 0.556. The van der Waals surface area contributed by atoms with Crippen LogP contribution in [0, 0.1) is 0 Å². The number of hydrogen-bond donors (Lipinski definition) is 2. The van der Waals surface area contributed by atoms with Gasteiger partial charge in [-0.3, -0.25) is 9.59 Å². The molecule has 0 aliphatic rings. The van der Waals surface area contributed by atoms with Gasteiger partial charge in [0.2, 0.25) is 11.8 Å². The summed E-state index contributed by atoms with van der Waals surface area (Å²) in [4.78, 5) is 25.2. The number of hydrogen-bond acceptors (Lipinski definition) is 3. The fourth-order valence-electron chi connectivity index (χ4n) is 2.39. The number of unbranched alkanes of at least 4 members (excludes halogenated alkanes) is 1. The average molecular weight is 319 g/mol. The van der Waals surface area contributed by atoms with Gasteiger partial charge >= 0.3 is 0 Å². The molecule has 0 saturated carbocycles. The van der Waals surface area contributed by atoms with Crippen molar-refractivity contribution in [3.05, 3.63) is 29.8 Å². The van der Waals surface area contributed by atoms with E-state index < -0.39 is 0 Å². The second-order valence-corrected chi connectivity index (χ2v) is 5.64. The molecule has 5 heteroatoms. The lowest BCUT2D eigenvalue weighted by Crippen LogP contribution is -2.28. The third-order valence-electron chi connectivity index (χ3n) is 3.76. The van der Waals surface area contributed by atoms with Gasteiger partial charge < -0.3 is 15.5 Å². The molecule has 1 aromatic carbocycles. The van der Waals surface area contributed by atoms with Crippen LogP contribution in [0.1, 0.15) is 39.2 Å². The first kappa shape index (κ1) is 19.2. The molecule has 23 heavy (non-hydrogen) atoms. The van der Waals surface area contributed by atoms with Crippen LogP contribution in [0.5, 0.6) is 0 Å². The van der Waals surface area contributed by atoms with Crippen molar-refractivity contribution < 1.29 is 9.59 Å². The lowest BCUT2D eigenvalue weighted by Gasteiger charge is -2.17. The minimum Gasteiger partial charge on any atom is -0.356 e. The van der Waals surface area contributed by atoms with E-state index in [1.807, 2.05) is 24.3 Å². The van der Waals surface area contributed by atoms with E-state index in [0.29, 0.717) is 6.42 Å². The lowest BCUT2D eigenvalue weighted by molar-refractivity contribution is -0.120. The summed E-state index contributed by atoms with van der Waals surface area (Å²) in [5, 5.41) is 5.67. The highest BCUT2D eigenvalue weighted by molar-refractivity contribution is 5.88. The molecule has 0 heterocycles. The summed E-state index contributed by atoms with van der Waals surface area (Å²) in [6.45, 7) is 9.79. The predicted molar refractivity (Wildman–Crippen MR) is 94.5 cm³/mol. The quantitative estimate of drug-likeness (QED) is 0.651. The number of benzene rings is 1. The zero-order chi connectivity index (χ0) is 17.1. The van der Waals surface area contributed by atoms with E-state index >= 15 is 0 Å². The first-order valence-corrected chi connectivity index (χ1v) is 8.40. The summed E-state index contributed by atoms with van der Waals surface area (Å²) in [6.07, 6.45) is 2.48. The van der Waals surface area contributed by atoms with Crippen LogP contribution in [0.3, 0.4) is 0 Å². The molecule has 2 amide bonds. The van der Waals surface area contributed by atoms with Crippen LogP contribution < -0.4 is 10.6 Å². The molecule has 0 saturated heterocycles. The molecule has 128 valence electrons. The minimum atomic E-state index is -0.0970. The molecule has 0 atom stereocenters. The molecule has 0 aromatic heterocycles. The Labute approximate surface area is 139 Å². The highest BCUT2D eigenvalue weighted by Crippen LogP contribution is 2.10. The Bertz CT molecular complexity index is 482. The van der Waals surface area contributed by atoms with Crippen molar-refractivity contribution in [3.63, 3.8) is 0 Å². The Kier molecular flexibility index (Phi) is 8.98. The van der Waals surface area contributed by atoms with Crippen molar-refractivity contribution >= 4 is 17.5 Å². The number of anilines is 1. The Balaban J connectivity index is 2.22. The molecule has 0 spiro atoms. The molecule has 0 fully saturated rings. The fourth-order valence-corrected chi connectivity index (χ4v) is 2.39. The van der Waals surface area contributed by atoms with E-state index in [9.17, 15) is 9.59 Å². The van der Waals surface area contributed by atoms with Gasteiger partial charge in [0.15, 0.2) is 0 Å². The SMILES string of the molecule is CCN(CC)CCCCNC(=O)Cc1ccc(NC(C)=O)cc1. The Morgan fingerprint density at radius 2 is 1.70 bits per heavy atom. The van der Waals surface area contributed by atoms with Crippen LogP contribution in [0.2, 0.25) is 0 Å². The van der Waals surface area contributed by atoms with Gasteiger partial charge in [-0.1, -0.05) is 26.0 Å². The van der Waals surface area contributed by atoms with Crippen LogP contribution in [0.4, 0.5) is 5.69 Å². The van der Waals surface area contributed by atoms with Crippen molar-refractivity contribution in [1.29, 1.82) is 0 Å². The first-order valence-electron chi connectivity index (χ1n) is 8.40. The summed E-state index contributed by atoms with van der Waals surface area (Å²) >= 11 is 0. The Morgan fingerprint density at radius 3 is 2.26 bits per heavy atom. The van der Waals surface area contributed by atoms with Gasteiger partial charge in [-0.15, -0.1) is 0 Å². The molecule has 5 nitrogen and oxygen atoms in total. The Morgan fingerprint density at radius 1 is 1.04 bits per heavy atom. The molecular formula is C18H29N3O2. The molecule has 1 aromatic rings. The second kappa shape index (κ2) is 10.8. The molecule has 0 aliphatic heterocycles. The van der Waals surface area contributed by atoms with E-state index in [1.165, 1.54) is 6.92 Å². The third kappa shape index (κ3) is 8.35. The smallest absolute Gasteiger partial charge is 0.224 e. The standard InChI is InChI=1S/C18H29N3O2/c1-4-21(5-2)13-7-6-12-19-18(23)14-16-8-10-17(11-9-16)20-15(3)22/h8-11H,4-7,12-14H2,1-3H3,(H,19,23)(H,20,22). The summed E-state index contributed by atoms with van der Waals surface area (Å²) < 4.78 is 0. The minimum absolute atomic E-state index is 0.0418. The summed E-state index contributed by atoms with van der Waals surface area (Å²) in [7, 11) is 0. The highest BCUT2D eigenvalue weighted by Gasteiger charge is 2.04. The molecule has 0 aliphatic carbocycles. The lowest BCUT2D eigenvalue weighted by atomic mass is 10.1. The summed E-state index contributed by atoms with van der Waals surface area (Å²) in [5.41, 5.74) is 1.69. The normalized spacial score (nSPS) is 10.6. The highest BCUT2D eigenvalue weighted by atomic mass is 16.2. The largest absolute Gasteiger partial charge is 0.356 e. The molecule has 0 unspecified atom stereocenters. The topological polar surface area (TPSA) is 61.4 Å². The number of carbonyl (C=O) groups excluding carboxylic acids is 2. The van der Waals surface area contributed by atoms with Gasteiger partial charge in [-0.25, -0.2) is 0 Å². The van der Waals surface area contributed by atoms with Crippen molar-refractivity contribution in [2.45, 2.75) is 40.0 Å². The average Bonchev–Trinajstić information content (AvgIpc) is 2.52. The van der Waals surface area contributed by atoms with Crippen LogP contribution >= 0.6 is 0 Å². The molecule has 0 bridgehead atoms. The van der Waals surface area contributed by atoms with E-state index in [4.69, 9.17) is 0 Å². The number of nitrogens with one attached hydrogen (secondary N) is 2. The molecule has 1 rings (SSSR count). The third-order valence-corrected chi connectivity index (χ3v) is 3.76. The van der Waals surface area contributed by atoms with Crippen LogP contribution in [-0.2, 0) is 16.0 Å². The Hall–Kier alpha value is -1.88. The van der Waals surface area contributed by atoms with Crippen molar-refractivity contribution in [2.75, 3.05) is 31.5 Å². The van der Waals surface area contributed by atoms with Gasteiger partial charge in [0, 0.05) is 19.2 Å². The van der Waals surface area contributed by atoms with E-state index in [-0.39, 0.29) is 11.8 Å². The van der Waals surface area contributed by atoms with Crippen LogP contribution in [0.15, 0.2) is 24.3 Å². The van der Waals surface area contributed by atoms with Gasteiger partial charge in [0.05, 0.1) is 6.42 Å². The van der Waals surface area contributed by atoms with Crippen molar-refractivity contribution in [1.82, 2.24) is 10.2 Å². The maximum Gasteiger partial charge on any atom is 0.224 e. The molecular weight excluding hydrogens is 290 g/mol. The monoisotopic (exact) mass is 319 g/mol. The predicted octanol–water partition coefficient (Wildman–Crippen LogP) is 2.43. The number of amides is 2. The molecule has 2 N–H and O–H groups in total. The number of rotatable bonds is 10. The number of nitrogens with zero attached hydrogens (tertiary/aromatic N) is 1. The summed E-state index contributed by atoms with van der Waals surface area (Å²) in [6, 6.07) is 7.36. The maximum absolute atomic E-state index is 11.9. The second-order valence-electron chi connectivity index (χ2n) is 5.64. The molecule has 0 radical (unpaired) electrons. The first-order chi connectivity index (χ1) is 11.0. The van der Waals surface area contributed by atoms with E-state index in [1.54, 1.807) is 0 Å².